The third kappa shape index (κ3) is 4.21. The smallest absolute Gasteiger partial charge is 0.345 e. The number of rotatable bonds is 7. The minimum Gasteiger partial charge on any atom is -0.383 e. The van der Waals surface area contributed by atoms with E-state index in [-0.39, 0.29) is 11.6 Å². The summed E-state index contributed by atoms with van der Waals surface area (Å²) < 4.78 is 36.4. The number of nitrogens with zero attached hydrogens (tertiary/aromatic N) is 4. The fraction of sp³-hybridized carbons (Fsp3) is 0.625. The first-order chi connectivity index (χ1) is 12.9. The van der Waals surface area contributed by atoms with Gasteiger partial charge in [-0.2, -0.15) is 9.40 Å². The molecular weight excluding hydrogens is 456 g/mol. The van der Waals surface area contributed by atoms with Gasteiger partial charge in [0.05, 0.1) is 16.9 Å². The van der Waals surface area contributed by atoms with Gasteiger partial charge in [-0.15, -0.1) is 11.3 Å². The molecule has 27 heavy (non-hydrogen) atoms. The van der Waals surface area contributed by atoms with Crippen LogP contribution in [0.5, 0.6) is 0 Å². The van der Waals surface area contributed by atoms with Crippen molar-refractivity contribution in [3.63, 3.8) is 0 Å². The van der Waals surface area contributed by atoms with Gasteiger partial charge < -0.3 is 4.74 Å². The molecule has 0 aromatic carbocycles. The molecule has 1 fully saturated rings. The zero-order chi connectivity index (χ0) is 19.6. The van der Waals surface area contributed by atoms with E-state index >= 15 is 0 Å². The Morgan fingerprint density at radius 1 is 1.33 bits per heavy atom. The van der Waals surface area contributed by atoms with E-state index in [1.54, 1.807) is 23.8 Å². The Labute approximate surface area is 170 Å². The van der Waals surface area contributed by atoms with E-state index in [1.807, 2.05) is 6.92 Å². The topological polar surface area (TPSA) is 86.4 Å². The molecule has 11 heteroatoms. The number of methoxy groups -OCH3 is 1. The lowest BCUT2D eigenvalue weighted by molar-refractivity contribution is 0.182. The van der Waals surface area contributed by atoms with E-state index in [4.69, 9.17) is 4.74 Å². The second-order valence-corrected chi connectivity index (χ2v) is 11.0. The van der Waals surface area contributed by atoms with Crippen molar-refractivity contribution >= 4 is 37.3 Å². The first-order valence-electron chi connectivity index (χ1n) is 8.80. The quantitative estimate of drug-likeness (QED) is 0.607. The van der Waals surface area contributed by atoms with Gasteiger partial charge in [0.2, 0.25) is 0 Å². The second-order valence-electron chi connectivity index (χ2n) is 6.34. The Morgan fingerprint density at radius 2 is 2.04 bits per heavy atom. The number of aromatic nitrogens is 3. The molecule has 0 saturated carbocycles. The third-order valence-electron chi connectivity index (χ3n) is 4.74. The zero-order valence-electron chi connectivity index (χ0n) is 15.3. The summed E-state index contributed by atoms with van der Waals surface area (Å²) in [5, 5.41) is 4.51. The lowest BCUT2D eigenvalue weighted by Crippen LogP contribution is -2.38. The van der Waals surface area contributed by atoms with Crippen molar-refractivity contribution in [1.29, 1.82) is 0 Å². The zero-order valence-corrected chi connectivity index (χ0v) is 18.5. The average molecular weight is 479 g/mol. The summed E-state index contributed by atoms with van der Waals surface area (Å²) in [4.78, 5) is 12.5. The van der Waals surface area contributed by atoms with Gasteiger partial charge in [0.25, 0.3) is 10.0 Å². The van der Waals surface area contributed by atoms with Crippen LogP contribution in [-0.2, 0) is 27.8 Å². The highest BCUT2D eigenvalue weighted by Crippen LogP contribution is 2.33. The molecule has 2 aromatic heterocycles. The van der Waals surface area contributed by atoms with Crippen LogP contribution in [0.15, 0.2) is 24.9 Å². The number of hydrogen-bond acceptors (Lipinski definition) is 6. The molecule has 0 spiro atoms. The number of sulfonamides is 1. The standard InChI is InChI=1S/C16H23BrN4O4S2/c1-3-20-15(18-21(16(20)22)10-11-25-2)12-6-8-19(9-7-12)27(23,24)14-5-4-13(17)26-14/h4-5,12H,3,6-11H2,1-2H3. The highest BCUT2D eigenvalue weighted by Gasteiger charge is 2.33. The van der Waals surface area contributed by atoms with Crippen LogP contribution in [-0.4, -0.2) is 53.9 Å². The lowest BCUT2D eigenvalue weighted by Gasteiger charge is -2.30. The van der Waals surface area contributed by atoms with Crippen molar-refractivity contribution in [1.82, 2.24) is 18.7 Å². The maximum Gasteiger partial charge on any atom is 0.345 e. The van der Waals surface area contributed by atoms with Crippen molar-refractivity contribution < 1.29 is 13.2 Å². The Kier molecular flexibility index (Phi) is 6.57. The summed E-state index contributed by atoms with van der Waals surface area (Å²) in [6.07, 6.45) is 1.29. The molecule has 0 atom stereocenters. The Bertz CT molecular complexity index is 942. The van der Waals surface area contributed by atoms with Crippen LogP contribution in [0.4, 0.5) is 0 Å². The molecule has 2 aromatic rings. The molecule has 150 valence electrons. The van der Waals surface area contributed by atoms with Gasteiger partial charge in [0.15, 0.2) is 0 Å². The van der Waals surface area contributed by atoms with Gasteiger partial charge in [-0.3, -0.25) is 4.57 Å². The third-order valence-corrected chi connectivity index (χ3v) is 8.73. The summed E-state index contributed by atoms with van der Waals surface area (Å²) in [5.74, 6) is 0.817. The normalized spacial score (nSPS) is 16.9. The largest absolute Gasteiger partial charge is 0.383 e. The molecule has 1 aliphatic heterocycles. The van der Waals surface area contributed by atoms with Crippen molar-refractivity contribution in [2.45, 2.75) is 43.0 Å². The van der Waals surface area contributed by atoms with E-state index < -0.39 is 10.0 Å². The maximum absolute atomic E-state index is 12.8. The molecule has 8 nitrogen and oxygen atoms in total. The molecule has 0 aliphatic carbocycles. The maximum atomic E-state index is 12.8. The van der Waals surface area contributed by atoms with Crippen LogP contribution >= 0.6 is 27.3 Å². The van der Waals surface area contributed by atoms with E-state index in [1.165, 1.54) is 20.3 Å². The molecule has 3 heterocycles. The minimum absolute atomic E-state index is 0.0722. The SMILES string of the molecule is CCn1c(C2CCN(S(=O)(=O)c3ccc(Br)s3)CC2)nn(CCOC)c1=O. The average Bonchev–Trinajstić information content (AvgIpc) is 3.24. The van der Waals surface area contributed by atoms with Crippen LogP contribution in [0.1, 0.15) is 31.5 Å². The fourth-order valence-corrected chi connectivity index (χ4v) is 6.93. The molecule has 1 aliphatic rings. The highest BCUT2D eigenvalue weighted by atomic mass is 79.9. The van der Waals surface area contributed by atoms with Crippen LogP contribution < -0.4 is 5.69 Å². The van der Waals surface area contributed by atoms with Gasteiger partial charge in [-0.25, -0.2) is 17.9 Å². The first-order valence-corrected chi connectivity index (χ1v) is 11.9. The summed E-state index contributed by atoms with van der Waals surface area (Å²) in [6, 6.07) is 3.37. The predicted octanol–water partition coefficient (Wildman–Crippen LogP) is 2.10. The van der Waals surface area contributed by atoms with E-state index in [9.17, 15) is 13.2 Å². The molecule has 0 unspecified atom stereocenters. The number of piperidine rings is 1. The second kappa shape index (κ2) is 8.56. The molecule has 0 amide bonds. The van der Waals surface area contributed by atoms with Crippen LogP contribution in [0.2, 0.25) is 0 Å². The van der Waals surface area contributed by atoms with Gasteiger partial charge in [0.1, 0.15) is 10.0 Å². The monoisotopic (exact) mass is 478 g/mol. The molecule has 1 saturated heterocycles. The summed E-state index contributed by atoms with van der Waals surface area (Å²) in [5.41, 5.74) is -0.136. The molecule has 3 rings (SSSR count). The Hall–Kier alpha value is -1.01. The van der Waals surface area contributed by atoms with Crippen LogP contribution in [0.3, 0.4) is 0 Å². The predicted molar refractivity (Wildman–Crippen MR) is 107 cm³/mol. The van der Waals surface area contributed by atoms with E-state index in [2.05, 4.69) is 21.0 Å². The van der Waals surface area contributed by atoms with Gasteiger partial charge in [-0.1, -0.05) is 0 Å². The number of thiophene rings is 1. The van der Waals surface area contributed by atoms with Crippen molar-refractivity contribution in [2.75, 3.05) is 26.8 Å². The minimum atomic E-state index is -3.47. The van der Waals surface area contributed by atoms with Crippen LogP contribution in [0.25, 0.3) is 0 Å². The number of ether oxygens (including phenoxy) is 1. The number of hydrogen-bond donors (Lipinski definition) is 0. The van der Waals surface area contributed by atoms with Crippen molar-refractivity contribution in [2.24, 2.45) is 0 Å². The van der Waals surface area contributed by atoms with Gasteiger partial charge in [-0.05, 0) is 47.8 Å². The summed E-state index contributed by atoms with van der Waals surface area (Å²) >= 11 is 4.53. The molecular formula is C16H23BrN4O4S2. The Balaban J connectivity index is 1.75. The summed E-state index contributed by atoms with van der Waals surface area (Å²) in [7, 11) is -1.88. The Morgan fingerprint density at radius 3 is 2.59 bits per heavy atom. The molecule has 0 bridgehead atoms. The number of halogens is 1. The van der Waals surface area contributed by atoms with Crippen molar-refractivity contribution in [3.05, 3.63) is 32.2 Å². The molecule has 0 radical (unpaired) electrons. The van der Waals surface area contributed by atoms with E-state index in [0.717, 1.165) is 9.61 Å². The van der Waals surface area contributed by atoms with Crippen LogP contribution in [0, 0.1) is 0 Å². The fourth-order valence-electron chi connectivity index (χ4n) is 3.30. The van der Waals surface area contributed by atoms with Gasteiger partial charge >= 0.3 is 5.69 Å². The van der Waals surface area contributed by atoms with Crippen molar-refractivity contribution in [3.8, 4) is 0 Å². The molecule has 0 N–H and O–H groups in total. The first kappa shape index (κ1) is 20.7. The lowest BCUT2D eigenvalue weighted by atomic mass is 9.97. The summed E-state index contributed by atoms with van der Waals surface area (Å²) in [6.45, 7) is 4.14. The van der Waals surface area contributed by atoms with E-state index in [0.29, 0.717) is 49.8 Å². The van der Waals surface area contributed by atoms with Gasteiger partial charge in [0, 0.05) is 32.7 Å². The highest BCUT2D eigenvalue weighted by molar-refractivity contribution is 9.11.